The average molecular weight is 429 g/mol. The van der Waals surface area contributed by atoms with Crippen LogP contribution in [0.5, 0.6) is 5.75 Å². The number of para-hydroxylation sites is 1. The van der Waals surface area contributed by atoms with Crippen LogP contribution in [0.4, 0.5) is 0 Å². The van der Waals surface area contributed by atoms with Gasteiger partial charge in [0, 0.05) is 58.0 Å². The summed E-state index contributed by atoms with van der Waals surface area (Å²) in [7, 11) is 2.08. The van der Waals surface area contributed by atoms with Crippen molar-refractivity contribution in [2.24, 2.45) is 5.92 Å². The first-order chi connectivity index (χ1) is 14.6. The molecule has 3 heterocycles. The highest BCUT2D eigenvalue weighted by molar-refractivity contribution is 7.11. The van der Waals surface area contributed by atoms with Crippen molar-refractivity contribution in [2.45, 2.75) is 18.9 Å². The van der Waals surface area contributed by atoms with Crippen LogP contribution in [0.1, 0.15) is 22.5 Å². The van der Waals surface area contributed by atoms with Gasteiger partial charge in [0.05, 0.1) is 11.7 Å². The van der Waals surface area contributed by atoms with E-state index in [0.717, 1.165) is 31.9 Å². The number of thiazole rings is 1. The summed E-state index contributed by atoms with van der Waals surface area (Å²) in [5, 5.41) is 0. The molecule has 2 saturated heterocycles. The van der Waals surface area contributed by atoms with Gasteiger partial charge in [-0.05, 0) is 19.2 Å². The zero-order valence-corrected chi connectivity index (χ0v) is 18.1. The fourth-order valence-electron chi connectivity index (χ4n) is 4.11. The van der Waals surface area contributed by atoms with Crippen molar-refractivity contribution >= 4 is 23.2 Å². The lowest BCUT2D eigenvalue weighted by Gasteiger charge is -2.39. The smallest absolute Gasteiger partial charge is 0.265 e. The molecular formula is C22H28N4O3S. The minimum atomic E-state index is -0.0886. The van der Waals surface area contributed by atoms with E-state index in [2.05, 4.69) is 16.9 Å². The van der Waals surface area contributed by atoms with E-state index in [4.69, 9.17) is 4.74 Å². The van der Waals surface area contributed by atoms with Crippen LogP contribution in [-0.2, 0) is 4.79 Å². The summed E-state index contributed by atoms with van der Waals surface area (Å²) in [6.07, 6.45) is 2.63. The van der Waals surface area contributed by atoms with E-state index >= 15 is 0 Å². The van der Waals surface area contributed by atoms with Gasteiger partial charge in [0.15, 0.2) is 0 Å². The minimum Gasteiger partial charge on any atom is -0.490 e. The van der Waals surface area contributed by atoms with Crippen molar-refractivity contribution < 1.29 is 14.3 Å². The number of hydrogen-bond acceptors (Lipinski definition) is 6. The largest absolute Gasteiger partial charge is 0.490 e. The van der Waals surface area contributed by atoms with Gasteiger partial charge in [0.2, 0.25) is 5.91 Å². The molecule has 1 aromatic heterocycles. The lowest BCUT2D eigenvalue weighted by molar-refractivity contribution is -0.135. The SMILES string of the molecule is CN1CCN(C(=O)C[C@H]2CN(C(=O)c3cncs3)CC[C@@H]2Oc2ccccc2)CC1. The second-order valence-corrected chi connectivity index (χ2v) is 8.91. The Balaban J connectivity index is 1.46. The van der Waals surface area contributed by atoms with Crippen LogP contribution in [0.3, 0.4) is 0 Å². The molecule has 4 rings (SSSR count). The summed E-state index contributed by atoms with van der Waals surface area (Å²) >= 11 is 1.35. The second-order valence-electron chi connectivity index (χ2n) is 8.02. The molecule has 30 heavy (non-hydrogen) atoms. The Kier molecular flexibility index (Phi) is 6.64. The topological polar surface area (TPSA) is 66.0 Å². The minimum absolute atomic E-state index is 0.00675. The van der Waals surface area contributed by atoms with Gasteiger partial charge in [-0.15, -0.1) is 11.3 Å². The molecule has 160 valence electrons. The Morgan fingerprint density at radius 2 is 1.87 bits per heavy atom. The number of aromatic nitrogens is 1. The predicted molar refractivity (Wildman–Crippen MR) is 116 cm³/mol. The Bertz CT molecular complexity index is 837. The number of likely N-dealkylation sites (tertiary alicyclic amines) is 1. The zero-order chi connectivity index (χ0) is 20.9. The lowest BCUT2D eigenvalue weighted by Crippen LogP contribution is -2.51. The zero-order valence-electron chi connectivity index (χ0n) is 17.3. The molecular weight excluding hydrogens is 400 g/mol. The van der Waals surface area contributed by atoms with Crippen LogP contribution in [0.25, 0.3) is 0 Å². The van der Waals surface area contributed by atoms with Crippen LogP contribution in [0.15, 0.2) is 42.0 Å². The van der Waals surface area contributed by atoms with Crippen LogP contribution in [0.2, 0.25) is 0 Å². The van der Waals surface area contributed by atoms with Crippen molar-refractivity contribution in [3.8, 4) is 5.75 Å². The number of hydrogen-bond donors (Lipinski definition) is 0. The monoisotopic (exact) mass is 428 g/mol. The molecule has 8 heteroatoms. The molecule has 2 aliphatic heterocycles. The van der Waals surface area contributed by atoms with Crippen LogP contribution in [0, 0.1) is 5.92 Å². The Morgan fingerprint density at radius 3 is 2.57 bits per heavy atom. The number of nitrogens with zero attached hydrogens (tertiary/aromatic N) is 4. The molecule has 2 atom stereocenters. The van der Waals surface area contributed by atoms with E-state index in [1.807, 2.05) is 40.1 Å². The molecule has 2 aliphatic rings. The fraction of sp³-hybridized carbons (Fsp3) is 0.500. The molecule has 7 nitrogen and oxygen atoms in total. The van der Waals surface area contributed by atoms with Gasteiger partial charge in [0.25, 0.3) is 5.91 Å². The maximum Gasteiger partial charge on any atom is 0.265 e. The molecule has 2 amide bonds. The van der Waals surface area contributed by atoms with Gasteiger partial charge in [-0.25, -0.2) is 0 Å². The van der Waals surface area contributed by atoms with Gasteiger partial charge < -0.3 is 19.4 Å². The first-order valence-electron chi connectivity index (χ1n) is 10.5. The molecule has 0 saturated carbocycles. The van der Waals surface area contributed by atoms with E-state index < -0.39 is 0 Å². The predicted octanol–water partition coefficient (Wildman–Crippen LogP) is 2.22. The third kappa shape index (κ3) is 4.99. The number of carbonyl (C=O) groups excluding carboxylic acids is 2. The number of carbonyl (C=O) groups is 2. The second kappa shape index (κ2) is 9.57. The number of rotatable bonds is 5. The molecule has 2 fully saturated rings. The summed E-state index contributed by atoms with van der Waals surface area (Å²) in [5.41, 5.74) is 1.67. The van der Waals surface area contributed by atoms with Crippen molar-refractivity contribution in [2.75, 3.05) is 46.3 Å². The average Bonchev–Trinajstić information content (AvgIpc) is 3.30. The maximum atomic E-state index is 13.0. The third-order valence-electron chi connectivity index (χ3n) is 5.92. The summed E-state index contributed by atoms with van der Waals surface area (Å²) in [6, 6.07) is 9.73. The van der Waals surface area contributed by atoms with Crippen LogP contribution in [-0.4, -0.2) is 83.9 Å². The van der Waals surface area contributed by atoms with Gasteiger partial charge in [-0.1, -0.05) is 18.2 Å². The van der Waals surface area contributed by atoms with Gasteiger partial charge in [0.1, 0.15) is 16.7 Å². The summed E-state index contributed by atoms with van der Waals surface area (Å²) in [4.78, 5) is 36.6. The van der Waals surface area contributed by atoms with Gasteiger partial charge >= 0.3 is 0 Å². The van der Waals surface area contributed by atoms with Gasteiger partial charge in [-0.2, -0.15) is 0 Å². The first-order valence-corrected chi connectivity index (χ1v) is 11.3. The van der Waals surface area contributed by atoms with Gasteiger partial charge in [-0.3, -0.25) is 14.6 Å². The van der Waals surface area contributed by atoms with Crippen molar-refractivity contribution in [1.29, 1.82) is 0 Å². The molecule has 0 radical (unpaired) electrons. The lowest BCUT2D eigenvalue weighted by atomic mass is 9.90. The standard InChI is InChI=1S/C22H28N4O3S/c1-24-9-11-25(12-10-24)21(27)13-17-15-26(22(28)20-14-23-16-30-20)8-7-19(17)29-18-5-3-2-4-6-18/h2-6,14,16-17,19H,7-13,15H2,1H3/t17-,19-/m0/s1. The normalized spacial score (nSPS) is 22.7. The summed E-state index contributed by atoms with van der Waals surface area (Å²) < 4.78 is 6.27. The molecule has 0 aliphatic carbocycles. The molecule has 2 aromatic rings. The Labute approximate surface area is 181 Å². The molecule has 0 bridgehead atoms. The molecule has 0 unspecified atom stereocenters. The van der Waals surface area contributed by atoms with E-state index in [1.54, 1.807) is 11.7 Å². The Hall–Kier alpha value is -2.45. The number of piperazine rings is 1. The Morgan fingerprint density at radius 1 is 1.10 bits per heavy atom. The maximum absolute atomic E-state index is 13.0. The van der Waals surface area contributed by atoms with E-state index in [9.17, 15) is 9.59 Å². The number of benzene rings is 1. The number of likely N-dealkylation sites (N-methyl/N-ethyl adjacent to an activating group) is 1. The molecule has 0 spiro atoms. The number of ether oxygens (including phenoxy) is 1. The van der Waals surface area contributed by atoms with Crippen molar-refractivity contribution in [1.82, 2.24) is 19.7 Å². The third-order valence-corrected chi connectivity index (χ3v) is 6.68. The van der Waals surface area contributed by atoms with Crippen LogP contribution < -0.4 is 4.74 Å². The summed E-state index contributed by atoms with van der Waals surface area (Å²) in [5.74, 6) is 0.916. The highest BCUT2D eigenvalue weighted by atomic mass is 32.1. The van der Waals surface area contributed by atoms with E-state index in [1.165, 1.54) is 11.3 Å². The highest BCUT2D eigenvalue weighted by Gasteiger charge is 2.36. The summed E-state index contributed by atoms with van der Waals surface area (Å²) in [6.45, 7) is 4.46. The number of piperidine rings is 1. The van der Waals surface area contributed by atoms with E-state index in [0.29, 0.717) is 30.8 Å². The van der Waals surface area contributed by atoms with Crippen LogP contribution >= 0.6 is 11.3 Å². The van der Waals surface area contributed by atoms with Crippen molar-refractivity contribution in [3.05, 3.63) is 46.9 Å². The van der Waals surface area contributed by atoms with Crippen molar-refractivity contribution in [3.63, 3.8) is 0 Å². The molecule has 0 N–H and O–H groups in total. The molecule has 1 aromatic carbocycles. The van der Waals surface area contributed by atoms with E-state index in [-0.39, 0.29) is 23.8 Å². The number of amides is 2. The first kappa shape index (κ1) is 20.8. The quantitative estimate of drug-likeness (QED) is 0.731. The highest BCUT2D eigenvalue weighted by Crippen LogP contribution is 2.27. The fourth-order valence-corrected chi connectivity index (χ4v) is 4.69.